The van der Waals surface area contributed by atoms with Crippen molar-refractivity contribution in [3.8, 4) is 0 Å². The maximum atomic E-state index is 13.7. The quantitative estimate of drug-likeness (QED) is 0.170. The summed E-state index contributed by atoms with van der Waals surface area (Å²) >= 11 is 0. The molecule has 4 aromatic carbocycles. The van der Waals surface area contributed by atoms with Crippen molar-refractivity contribution in [2.75, 3.05) is 17.1 Å². The third kappa shape index (κ3) is 9.40. The largest absolute Gasteiger partial charge is 0.416 e. The molecule has 0 saturated carbocycles. The number of halogens is 3. The van der Waals surface area contributed by atoms with Crippen LogP contribution in [0.2, 0.25) is 0 Å². The molecule has 238 valence electrons. The van der Waals surface area contributed by atoms with Crippen LogP contribution in [0.25, 0.3) is 0 Å². The number of hydrogen-bond donors (Lipinski definition) is 3. The van der Waals surface area contributed by atoms with Gasteiger partial charge in [-0.3, -0.25) is 4.79 Å². The van der Waals surface area contributed by atoms with Gasteiger partial charge in [0, 0.05) is 18.7 Å². The highest BCUT2D eigenvalue weighted by atomic mass is 32.2. The van der Waals surface area contributed by atoms with Gasteiger partial charge in [0.1, 0.15) is 0 Å². The zero-order valence-corrected chi connectivity index (χ0v) is 25.8. The van der Waals surface area contributed by atoms with Crippen molar-refractivity contribution in [2.24, 2.45) is 0 Å². The molecule has 3 N–H and O–H groups in total. The van der Waals surface area contributed by atoms with E-state index in [1.54, 1.807) is 48.5 Å². The number of carbonyl (C=O) groups is 1. The van der Waals surface area contributed by atoms with Crippen LogP contribution in [0, 0.1) is 0 Å². The number of aliphatic hydroxyl groups is 1. The number of alkyl halides is 3. The highest BCUT2D eigenvalue weighted by Gasteiger charge is 2.30. The van der Waals surface area contributed by atoms with Gasteiger partial charge in [0.05, 0.1) is 35.3 Å². The number of sulfonamides is 1. The Kier molecular flexibility index (Phi) is 11.0. The SMILES string of the molecule is CCc1cc(C(=O)N[C@@H](Cc2ccccc2)C(O)CNCc2cccc(C(F)(F)F)c2)cc(N(c2ccccc2)S(C)(=O)=O)c1. The summed E-state index contributed by atoms with van der Waals surface area (Å²) in [6, 6.07) is 26.9. The highest BCUT2D eigenvalue weighted by Crippen LogP contribution is 2.31. The number of anilines is 2. The van der Waals surface area contributed by atoms with E-state index in [0.29, 0.717) is 23.4 Å². The maximum absolute atomic E-state index is 13.7. The summed E-state index contributed by atoms with van der Waals surface area (Å²) in [5.41, 5.74) is 2.18. The molecule has 0 bridgehead atoms. The minimum atomic E-state index is -4.46. The second kappa shape index (κ2) is 14.7. The number of rotatable bonds is 13. The summed E-state index contributed by atoms with van der Waals surface area (Å²) in [4.78, 5) is 13.7. The predicted octanol–water partition coefficient (Wildman–Crippen LogP) is 5.86. The molecule has 0 heterocycles. The third-order valence-electron chi connectivity index (χ3n) is 7.22. The number of aliphatic hydroxyl groups excluding tert-OH is 1. The fourth-order valence-electron chi connectivity index (χ4n) is 4.99. The highest BCUT2D eigenvalue weighted by molar-refractivity contribution is 7.92. The van der Waals surface area contributed by atoms with E-state index in [4.69, 9.17) is 0 Å². The zero-order valence-electron chi connectivity index (χ0n) is 25.0. The summed E-state index contributed by atoms with van der Waals surface area (Å²) in [5, 5.41) is 17.1. The van der Waals surface area contributed by atoms with E-state index in [-0.39, 0.29) is 25.1 Å². The van der Waals surface area contributed by atoms with Crippen molar-refractivity contribution in [2.45, 2.75) is 44.6 Å². The van der Waals surface area contributed by atoms with Crippen LogP contribution in [0.5, 0.6) is 0 Å². The molecule has 45 heavy (non-hydrogen) atoms. The van der Waals surface area contributed by atoms with Gasteiger partial charge in [-0.25, -0.2) is 12.7 Å². The number of amides is 1. The van der Waals surface area contributed by atoms with Gasteiger partial charge in [-0.1, -0.05) is 73.7 Å². The topological polar surface area (TPSA) is 98.7 Å². The van der Waals surface area contributed by atoms with Crippen molar-refractivity contribution in [3.63, 3.8) is 0 Å². The Morgan fingerprint density at radius 1 is 0.844 bits per heavy atom. The lowest BCUT2D eigenvalue weighted by molar-refractivity contribution is -0.137. The van der Waals surface area contributed by atoms with Crippen LogP contribution in [0.15, 0.2) is 103 Å². The number of nitrogens with zero attached hydrogens (tertiary/aromatic N) is 1. The Labute approximate surface area is 261 Å². The van der Waals surface area contributed by atoms with E-state index in [0.717, 1.165) is 29.5 Å². The molecule has 7 nitrogen and oxygen atoms in total. The molecule has 0 saturated heterocycles. The van der Waals surface area contributed by atoms with E-state index < -0.39 is 39.8 Å². The van der Waals surface area contributed by atoms with E-state index in [2.05, 4.69) is 10.6 Å². The van der Waals surface area contributed by atoms with Gasteiger partial charge >= 0.3 is 6.18 Å². The summed E-state index contributed by atoms with van der Waals surface area (Å²) < 4.78 is 66.3. The minimum absolute atomic E-state index is 0.00978. The molecule has 0 aliphatic heterocycles. The normalized spacial score (nSPS) is 13.2. The first kappa shape index (κ1) is 33.7. The van der Waals surface area contributed by atoms with E-state index >= 15 is 0 Å². The third-order valence-corrected chi connectivity index (χ3v) is 8.31. The molecule has 4 aromatic rings. The Balaban J connectivity index is 1.57. The number of hydrogen-bond acceptors (Lipinski definition) is 5. The molecule has 0 aliphatic rings. The molecule has 1 amide bonds. The molecule has 11 heteroatoms. The molecule has 2 atom stereocenters. The van der Waals surface area contributed by atoms with Crippen molar-refractivity contribution in [3.05, 3.63) is 131 Å². The van der Waals surface area contributed by atoms with Gasteiger partial charge in [-0.15, -0.1) is 0 Å². The minimum Gasteiger partial charge on any atom is -0.390 e. The van der Waals surface area contributed by atoms with Crippen molar-refractivity contribution in [1.29, 1.82) is 0 Å². The van der Waals surface area contributed by atoms with Gasteiger partial charge < -0.3 is 15.7 Å². The Hall–Kier alpha value is -4.19. The number of benzene rings is 4. The smallest absolute Gasteiger partial charge is 0.390 e. The lowest BCUT2D eigenvalue weighted by atomic mass is 9.99. The van der Waals surface area contributed by atoms with Crippen LogP contribution >= 0.6 is 0 Å². The number of aryl methyl sites for hydroxylation is 1. The van der Waals surface area contributed by atoms with Gasteiger partial charge in [0.15, 0.2) is 0 Å². The van der Waals surface area contributed by atoms with Crippen LogP contribution in [0.4, 0.5) is 24.5 Å². The summed E-state index contributed by atoms with van der Waals surface area (Å²) in [6.07, 6.45) is -3.66. The standard InChI is InChI=1S/C34H36F3N3O4S/c1-3-24-17-27(21-30(19-24)40(45(2,43)44)29-15-8-5-9-16-29)33(42)39-31(20-25-11-6-4-7-12-25)32(41)23-38-22-26-13-10-14-28(18-26)34(35,36)37/h4-19,21,31-32,38,41H,3,20,22-23H2,1-2H3,(H,39,42)/t31-,32?/m0/s1. The predicted molar refractivity (Wildman–Crippen MR) is 170 cm³/mol. The lowest BCUT2D eigenvalue weighted by Crippen LogP contribution is -2.48. The molecule has 0 aliphatic carbocycles. The molecule has 4 rings (SSSR count). The fourth-order valence-corrected chi connectivity index (χ4v) is 5.98. The van der Waals surface area contributed by atoms with Crippen LogP contribution in [0.3, 0.4) is 0 Å². The Morgan fingerprint density at radius 3 is 2.11 bits per heavy atom. The molecule has 0 spiro atoms. The lowest BCUT2D eigenvalue weighted by Gasteiger charge is -2.26. The average Bonchev–Trinajstić information content (AvgIpc) is 3.00. The first-order chi connectivity index (χ1) is 21.3. The van der Waals surface area contributed by atoms with E-state index in [9.17, 15) is 31.5 Å². The molecule has 0 fully saturated rings. The van der Waals surface area contributed by atoms with Crippen LogP contribution in [0.1, 0.15) is 39.5 Å². The van der Waals surface area contributed by atoms with Gasteiger partial charge in [-0.2, -0.15) is 13.2 Å². The second-order valence-corrected chi connectivity index (χ2v) is 12.6. The average molecular weight is 640 g/mol. The molecule has 1 unspecified atom stereocenters. The number of nitrogens with one attached hydrogen (secondary N) is 2. The monoisotopic (exact) mass is 639 g/mol. The zero-order chi connectivity index (χ0) is 32.6. The summed E-state index contributed by atoms with van der Waals surface area (Å²) in [5.74, 6) is -0.508. The molecular weight excluding hydrogens is 603 g/mol. The first-order valence-corrected chi connectivity index (χ1v) is 16.3. The van der Waals surface area contributed by atoms with Crippen molar-refractivity contribution < 1.29 is 31.5 Å². The Morgan fingerprint density at radius 2 is 1.49 bits per heavy atom. The maximum Gasteiger partial charge on any atom is 0.416 e. The van der Waals surface area contributed by atoms with E-state index in [1.807, 2.05) is 37.3 Å². The van der Waals surface area contributed by atoms with Crippen molar-refractivity contribution >= 4 is 27.3 Å². The molecule has 0 aromatic heterocycles. The van der Waals surface area contributed by atoms with Gasteiger partial charge in [-0.05, 0) is 65.9 Å². The van der Waals surface area contributed by atoms with Gasteiger partial charge in [0.25, 0.3) is 5.91 Å². The fraction of sp³-hybridized carbons (Fsp3) is 0.265. The van der Waals surface area contributed by atoms with Crippen LogP contribution < -0.4 is 14.9 Å². The second-order valence-electron chi connectivity index (χ2n) is 10.8. The summed E-state index contributed by atoms with van der Waals surface area (Å²) in [6.45, 7) is 1.96. The van der Waals surface area contributed by atoms with Crippen LogP contribution in [-0.2, 0) is 35.6 Å². The first-order valence-electron chi connectivity index (χ1n) is 14.4. The van der Waals surface area contributed by atoms with Gasteiger partial charge in [0.2, 0.25) is 10.0 Å². The number of carbonyl (C=O) groups excluding carboxylic acids is 1. The van der Waals surface area contributed by atoms with Crippen LogP contribution in [-0.4, -0.2) is 44.4 Å². The molecule has 0 radical (unpaired) electrons. The summed E-state index contributed by atoms with van der Waals surface area (Å²) in [7, 11) is -3.77. The number of para-hydroxylation sites is 1. The molecular formula is C34H36F3N3O4S. The van der Waals surface area contributed by atoms with Crippen molar-refractivity contribution in [1.82, 2.24) is 10.6 Å². The van der Waals surface area contributed by atoms with E-state index in [1.165, 1.54) is 16.4 Å². The Bertz CT molecular complexity index is 1680.